The standard InChI is InChI=1S/C12H14ClN3O3/c13-8-2-1-7(11(14)17)5-9(8)16-12(18)10-6-19-4-3-15-10/h1-2,5,10,15H,3-4,6H2,(H2,14,17)(H,16,18). The Bertz CT molecular complexity index is 501. The van der Waals surface area contributed by atoms with E-state index in [2.05, 4.69) is 10.6 Å². The second-order valence-electron chi connectivity index (χ2n) is 4.13. The molecule has 19 heavy (non-hydrogen) atoms. The summed E-state index contributed by atoms with van der Waals surface area (Å²) in [6.07, 6.45) is 0. The number of hydrogen-bond acceptors (Lipinski definition) is 4. The topological polar surface area (TPSA) is 93.5 Å². The van der Waals surface area contributed by atoms with Crippen LogP contribution in [-0.4, -0.2) is 37.6 Å². The van der Waals surface area contributed by atoms with E-state index in [0.29, 0.717) is 30.5 Å². The van der Waals surface area contributed by atoms with Gasteiger partial charge in [-0.25, -0.2) is 0 Å². The number of morpholine rings is 1. The monoisotopic (exact) mass is 283 g/mol. The molecule has 1 aliphatic heterocycles. The molecule has 1 aromatic rings. The van der Waals surface area contributed by atoms with E-state index in [0.717, 1.165) is 0 Å². The molecular weight excluding hydrogens is 270 g/mol. The molecular formula is C12H14ClN3O3. The minimum absolute atomic E-state index is 0.261. The average Bonchev–Trinajstić information content (AvgIpc) is 2.42. The molecule has 0 aliphatic carbocycles. The van der Waals surface area contributed by atoms with Crippen molar-refractivity contribution in [1.29, 1.82) is 0 Å². The summed E-state index contributed by atoms with van der Waals surface area (Å²) in [6, 6.07) is 4.04. The second kappa shape index (κ2) is 6.01. The lowest BCUT2D eigenvalue weighted by molar-refractivity contribution is -0.120. The van der Waals surface area contributed by atoms with Gasteiger partial charge in [-0.15, -0.1) is 0 Å². The van der Waals surface area contributed by atoms with Crippen LogP contribution in [-0.2, 0) is 9.53 Å². The van der Waals surface area contributed by atoms with Gasteiger partial charge in [-0.1, -0.05) is 11.6 Å². The molecule has 1 saturated heterocycles. The number of hydrogen-bond donors (Lipinski definition) is 3. The van der Waals surface area contributed by atoms with Crippen LogP contribution < -0.4 is 16.4 Å². The van der Waals surface area contributed by atoms with Crippen molar-refractivity contribution < 1.29 is 14.3 Å². The zero-order valence-corrected chi connectivity index (χ0v) is 10.9. The Labute approximate surface area is 115 Å². The first-order valence-electron chi connectivity index (χ1n) is 5.79. The van der Waals surface area contributed by atoms with Crippen molar-refractivity contribution in [3.05, 3.63) is 28.8 Å². The van der Waals surface area contributed by atoms with Crippen LogP contribution in [0.4, 0.5) is 5.69 Å². The van der Waals surface area contributed by atoms with Gasteiger partial charge in [0.1, 0.15) is 6.04 Å². The normalized spacial score (nSPS) is 18.9. The molecule has 0 aromatic heterocycles. The fourth-order valence-electron chi connectivity index (χ4n) is 1.73. The molecule has 1 heterocycles. The Kier molecular flexibility index (Phi) is 4.36. The van der Waals surface area contributed by atoms with E-state index >= 15 is 0 Å². The molecule has 1 atom stereocenters. The third-order valence-electron chi connectivity index (χ3n) is 2.75. The van der Waals surface area contributed by atoms with Crippen LogP contribution in [0.1, 0.15) is 10.4 Å². The van der Waals surface area contributed by atoms with Crippen LogP contribution >= 0.6 is 11.6 Å². The first-order chi connectivity index (χ1) is 9.08. The minimum atomic E-state index is -0.578. The molecule has 4 N–H and O–H groups in total. The van der Waals surface area contributed by atoms with E-state index in [1.165, 1.54) is 18.2 Å². The third kappa shape index (κ3) is 3.44. The summed E-state index contributed by atoms with van der Waals surface area (Å²) in [5.41, 5.74) is 5.82. The van der Waals surface area contributed by atoms with Gasteiger partial charge in [-0.2, -0.15) is 0 Å². The molecule has 1 fully saturated rings. The molecule has 1 aromatic carbocycles. The zero-order chi connectivity index (χ0) is 13.8. The quantitative estimate of drug-likeness (QED) is 0.747. The molecule has 6 nitrogen and oxygen atoms in total. The molecule has 1 unspecified atom stereocenters. The predicted molar refractivity (Wildman–Crippen MR) is 71.2 cm³/mol. The SMILES string of the molecule is NC(=O)c1ccc(Cl)c(NC(=O)C2COCCN2)c1. The average molecular weight is 284 g/mol. The Hall–Kier alpha value is -1.63. The highest BCUT2D eigenvalue weighted by molar-refractivity contribution is 6.34. The van der Waals surface area contributed by atoms with Crippen molar-refractivity contribution in [3.63, 3.8) is 0 Å². The highest BCUT2D eigenvalue weighted by Gasteiger charge is 2.22. The van der Waals surface area contributed by atoms with Gasteiger partial charge in [0.05, 0.1) is 23.9 Å². The smallest absolute Gasteiger partial charge is 0.248 e. The number of nitrogens with two attached hydrogens (primary N) is 1. The summed E-state index contributed by atoms with van der Waals surface area (Å²) in [5.74, 6) is -0.838. The summed E-state index contributed by atoms with van der Waals surface area (Å²) in [7, 11) is 0. The zero-order valence-electron chi connectivity index (χ0n) is 10.1. The van der Waals surface area contributed by atoms with Crippen LogP contribution in [0.5, 0.6) is 0 Å². The summed E-state index contributed by atoms with van der Waals surface area (Å²) in [6.45, 7) is 1.51. The van der Waals surface area contributed by atoms with Gasteiger partial charge in [-0.05, 0) is 18.2 Å². The molecule has 7 heteroatoms. The van der Waals surface area contributed by atoms with E-state index in [1.54, 1.807) is 0 Å². The van der Waals surface area contributed by atoms with Gasteiger partial charge in [0.2, 0.25) is 11.8 Å². The number of amides is 2. The maximum absolute atomic E-state index is 12.0. The molecule has 0 saturated carbocycles. The van der Waals surface area contributed by atoms with Crippen LogP contribution in [0.25, 0.3) is 0 Å². The van der Waals surface area contributed by atoms with E-state index in [4.69, 9.17) is 22.1 Å². The van der Waals surface area contributed by atoms with Gasteiger partial charge >= 0.3 is 0 Å². The third-order valence-corrected chi connectivity index (χ3v) is 3.08. The molecule has 2 amide bonds. The van der Waals surface area contributed by atoms with Gasteiger partial charge in [-0.3, -0.25) is 9.59 Å². The Morgan fingerprint density at radius 2 is 2.26 bits per heavy atom. The lowest BCUT2D eigenvalue weighted by Gasteiger charge is -2.23. The first-order valence-corrected chi connectivity index (χ1v) is 6.17. The molecule has 0 spiro atoms. The first kappa shape index (κ1) is 13.8. The van der Waals surface area contributed by atoms with Crippen LogP contribution in [0.15, 0.2) is 18.2 Å². The fourth-order valence-corrected chi connectivity index (χ4v) is 1.89. The van der Waals surface area contributed by atoms with E-state index < -0.39 is 11.9 Å². The van der Waals surface area contributed by atoms with Crippen molar-refractivity contribution in [2.75, 3.05) is 25.1 Å². The number of nitrogens with one attached hydrogen (secondary N) is 2. The number of halogens is 1. The number of ether oxygens (including phenoxy) is 1. The van der Waals surface area contributed by atoms with E-state index in [1.807, 2.05) is 0 Å². The van der Waals surface area contributed by atoms with Gasteiger partial charge in [0.15, 0.2) is 0 Å². The van der Waals surface area contributed by atoms with Crippen molar-refractivity contribution in [2.45, 2.75) is 6.04 Å². The molecule has 0 bridgehead atoms. The second-order valence-corrected chi connectivity index (χ2v) is 4.54. The van der Waals surface area contributed by atoms with E-state index in [9.17, 15) is 9.59 Å². The van der Waals surface area contributed by atoms with Gasteiger partial charge < -0.3 is 21.1 Å². The van der Waals surface area contributed by atoms with Gasteiger partial charge in [0.25, 0.3) is 0 Å². The minimum Gasteiger partial charge on any atom is -0.378 e. The summed E-state index contributed by atoms with van der Waals surface area (Å²) < 4.78 is 5.20. The number of carbonyl (C=O) groups excluding carboxylic acids is 2. The van der Waals surface area contributed by atoms with Gasteiger partial charge in [0, 0.05) is 12.1 Å². The van der Waals surface area contributed by atoms with E-state index in [-0.39, 0.29) is 11.5 Å². The van der Waals surface area contributed by atoms with Crippen molar-refractivity contribution in [3.8, 4) is 0 Å². The lowest BCUT2D eigenvalue weighted by atomic mass is 10.2. The Morgan fingerprint density at radius 3 is 2.89 bits per heavy atom. The number of rotatable bonds is 3. The fraction of sp³-hybridized carbons (Fsp3) is 0.333. The Balaban J connectivity index is 2.11. The number of anilines is 1. The van der Waals surface area contributed by atoms with Crippen LogP contribution in [0, 0.1) is 0 Å². The number of primary amides is 1. The molecule has 0 radical (unpaired) electrons. The predicted octanol–water partition coefficient (Wildman–Crippen LogP) is 0.366. The van der Waals surface area contributed by atoms with Crippen LogP contribution in [0.2, 0.25) is 5.02 Å². The largest absolute Gasteiger partial charge is 0.378 e. The highest BCUT2D eigenvalue weighted by Crippen LogP contribution is 2.23. The lowest BCUT2D eigenvalue weighted by Crippen LogP contribution is -2.48. The maximum Gasteiger partial charge on any atom is 0.248 e. The van der Waals surface area contributed by atoms with Crippen molar-refractivity contribution >= 4 is 29.1 Å². The van der Waals surface area contributed by atoms with Crippen molar-refractivity contribution in [1.82, 2.24) is 5.32 Å². The molecule has 2 rings (SSSR count). The number of carbonyl (C=O) groups is 2. The summed E-state index contributed by atoms with van der Waals surface area (Å²) in [5, 5.41) is 6.02. The molecule has 102 valence electrons. The summed E-state index contributed by atoms with van der Waals surface area (Å²) in [4.78, 5) is 23.1. The maximum atomic E-state index is 12.0. The highest BCUT2D eigenvalue weighted by atomic mass is 35.5. The molecule has 1 aliphatic rings. The van der Waals surface area contributed by atoms with Crippen molar-refractivity contribution in [2.24, 2.45) is 5.73 Å². The summed E-state index contributed by atoms with van der Waals surface area (Å²) >= 11 is 5.97. The Morgan fingerprint density at radius 1 is 1.47 bits per heavy atom. The van der Waals surface area contributed by atoms with Crippen LogP contribution in [0.3, 0.4) is 0 Å². The number of benzene rings is 1.